The standard InChI is InChI=1S/C48H89NO4/c1-3-5-7-9-11-13-15-17-19-21-23-25-26-28-30-32-34-36-38-40-42-46(51)45(44-50)49-48(53)47(52)43-41-39-37-35-33-31-29-27-24-22-20-18-16-14-12-10-8-6-4-2/h24-27,32,34,40,42,45-47,50-52H,3-23,28-31,33,35-39,41,43-44H2,1-2H3,(H,49,53)/b26-25+,27-24-,34-32+,42-40+. The van der Waals surface area contributed by atoms with Gasteiger partial charge in [0.15, 0.2) is 0 Å². The van der Waals surface area contributed by atoms with Gasteiger partial charge in [-0.25, -0.2) is 0 Å². The van der Waals surface area contributed by atoms with Gasteiger partial charge >= 0.3 is 0 Å². The predicted molar refractivity (Wildman–Crippen MR) is 231 cm³/mol. The van der Waals surface area contributed by atoms with Crippen LogP contribution in [-0.2, 0) is 4.79 Å². The summed E-state index contributed by atoms with van der Waals surface area (Å²) in [7, 11) is 0. The number of allylic oxidation sites excluding steroid dienone is 7. The number of aliphatic hydroxyl groups excluding tert-OH is 3. The van der Waals surface area contributed by atoms with Gasteiger partial charge in [-0.2, -0.15) is 0 Å². The molecule has 1 amide bonds. The zero-order valence-corrected chi connectivity index (χ0v) is 35.1. The minimum Gasteiger partial charge on any atom is -0.394 e. The third kappa shape index (κ3) is 38.4. The van der Waals surface area contributed by atoms with Crippen LogP contribution in [0.1, 0.15) is 226 Å². The van der Waals surface area contributed by atoms with Gasteiger partial charge in [-0.15, -0.1) is 0 Å². The Morgan fingerprint density at radius 1 is 0.453 bits per heavy atom. The zero-order chi connectivity index (χ0) is 38.7. The number of carbonyl (C=O) groups is 1. The van der Waals surface area contributed by atoms with E-state index < -0.39 is 24.2 Å². The minimum atomic E-state index is -1.11. The number of rotatable bonds is 41. The van der Waals surface area contributed by atoms with Gasteiger partial charge in [0, 0.05) is 0 Å². The van der Waals surface area contributed by atoms with Crippen molar-refractivity contribution in [3.05, 3.63) is 48.6 Å². The second kappa shape index (κ2) is 43.0. The van der Waals surface area contributed by atoms with E-state index in [4.69, 9.17) is 0 Å². The van der Waals surface area contributed by atoms with Gasteiger partial charge in [0.1, 0.15) is 6.10 Å². The highest BCUT2D eigenvalue weighted by atomic mass is 16.3. The lowest BCUT2D eigenvalue weighted by atomic mass is 10.0. The van der Waals surface area contributed by atoms with Crippen LogP contribution in [0.4, 0.5) is 0 Å². The fraction of sp³-hybridized carbons (Fsp3) is 0.812. The molecule has 0 aromatic carbocycles. The topological polar surface area (TPSA) is 89.8 Å². The Labute approximate surface area is 329 Å². The summed E-state index contributed by atoms with van der Waals surface area (Å²) in [5.41, 5.74) is 0. The lowest BCUT2D eigenvalue weighted by Crippen LogP contribution is -2.48. The Morgan fingerprint density at radius 2 is 0.774 bits per heavy atom. The van der Waals surface area contributed by atoms with Crippen LogP contribution < -0.4 is 5.32 Å². The van der Waals surface area contributed by atoms with Crippen molar-refractivity contribution in [1.82, 2.24) is 5.32 Å². The van der Waals surface area contributed by atoms with Crippen LogP contribution in [0.25, 0.3) is 0 Å². The predicted octanol–water partition coefficient (Wildman–Crippen LogP) is 13.3. The highest BCUT2D eigenvalue weighted by Gasteiger charge is 2.22. The molecule has 0 radical (unpaired) electrons. The van der Waals surface area contributed by atoms with E-state index in [0.717, 1.165) is 51.4 Å². The normalized spacial score (nSPS) is 14.0. The third-order valence-electron chi connectivity index (χ3n) is 10.4. The molecular weight excluding hydrogens is 655 g/mol. The Kier molecular flexibility index (Phi) is 41.7. The van der Waals surface area contributed by atoms with Crippen LogP contribution in [0.3, 0.4) is 0 Å². The molecule has 0 aliphatic heterocycles. The molecule has 0 saturated heterocycles. The molecule has 0 aromatic rings. The molecule has 0 rings (SSSR count). The molecule has 3 atom stereocenters. The average Bonchev–Trinajstić information content (AvgIpc) is 3.16. The largest absolute Gasteiger partial charge is 0.394 e. The van der Waals surface area contributed by atoms with Gasteiger partial charge in [0.2, 0.25) is 5.91 Å². The van der Waals surface area contributed by atoms with Crippen LogP contribution in [0.2, 0.25) is 0 Å². The second-order valence-corrected chi connectivity index (χ2v) is 15.6. The van der Waals surface area contributed by atoms with E-state index in [-0.39, 0.29) is 6.61 Å². The summed E-state index contributed by atoms with van der Waals surface area (Å²) in [6, 6.07) is -0.824. The second-order valence-electron chi connectivity index (χ2n) is 15.6. The molecule has 53 heavy (non-hydrogen) atoms. The van der Waals surface area contributed by atoms with Gasteiger partial charge in [-0.1, -0.05) is 204 Å². The Balaban J connectivity index is 3.75. The van der Waals surface area contributed by atoms with Crippen molar-refractivity contribution in [2.45, 2.75) is 244 Å². The molecule has 0 saturated carbocycles. The minimum absolute atomic E-state index is 0.384. The fourth-order valence-electron chi connectivity index (χ4n) is 6.74. The molecule has 0 aliphatic rings. The van der Waals surface area contributed by atoms with E-state index in [2.05, 4.69) is 55.6 Å². The summed E-state index contributed by atoms with van der Waals surface area (Å²) < 4.78 is 0. The monoisotopic (exact) mass is 744 g/mol. The number of carbonyl (C=O) groups excluding carboxylic acids is 1. The molecule has 3 unspecified atom stereocenters. The summed E-state index contributed by atoms with van der Waals surface area (Å²) in [6.07, 6.45) is 55.7. The first-order chi connectivity index (χ1) is 26.1. The van der Waals surface area contributed by atoms with Crippen LogP contribution in [0, 0.1) is 0 Å². The zero-order valence-electron chi connectivity index (χ0n) is 35.1. The molecule has 0 aliphatic carbocycles. The molecule has 0 spiro atoms. The summed E-state index contributed by atoms with van der Waals surface area (Å²) >= 11 is 0. The Hall–Kier alpha value is -1.69. The van der Waals surface area contributed by atoms with Gasteiger partial charge in [-0.05, 0) is 70.6 Å². The van der Waals surface area contributed by atoms with Crippen molar-refractivity contribution in [3.63, 3.8) is 0 Å². The van der Waals surface area contributed by atoms with Crippen molar-refractivity contribution in [1.29, 1.82) is 0 Å². The number of unbranched alkanes of at least 4 members (excludes halogenated alkanes) is 27. The molecule has 0 bridgehead atoms. The van der Waals surface area contributed by atoms with E-state index in [1.54, 1.807) is 6.08 Å². The first-order valence-electron chi connectivity index (χ1n) is 23.0. The molecule has 0 fully saturated rings. The van der Waals surface area contributed by atoms with Crippen molar-refractivity contribution in [3.8, 4) is 0 Å². The lowest BCUT2D eigenvalue weighted by molar-refractivity contribution is -0.131. The fourth-order valence-corrected chi connectivity index (χ4v) is 6.74. The van der Waals surface area contributed by atoms with Crippen LogP contribution in [0.5, 0.6) is 0 Å². The van der Waals surface area contributed by atoms with Gasteiger partial charge in [0.05, 0.1) is 18.8 Å². The first kappa shape index (κ1) is 51.3. The average molecular weight is 744 g/mol. The van der Waals surface area contributed by atoms with E-state index in [1.807, 2.05) is 6.08 Å². The molecular formula is C48H89NO4. The number of nitrogens with one attached hydrogen (secondary N) is 1. The molecule has 4 N–H and O–H groups in total. The highest BCUT2D eigenvalue weighted by Crippen LogP contribution is 2.14. The van der Waals surface area contributed by atoms with Crippen LogP contribution in [0.15, 0.2) is 48.6 Å². The molecule has 5 heteroatoms. The molecule has 0 aromatic heterocycles. The van der Waals surface area contributed by atoms with E-state index >= 15 is 0 Å². The SMILES string of the molecule is CCCCCCCCCCC/C=C\CCCCCCCCC(O)C(=O)NC(CO)C(O)/C=C/CC/C=C/CC/C=C/CCCCCCCCCCCC. The van der Waals surface area contributed by atoms with Crippen LogP contribution in [-0.4, -0.2) is 46.1 Å². The van der Waals surface area contributed by atoms with Crippen molar-refractivity contribution < 1.29 is 20.1 Å². The highest BCUT2D eigenvalue weighted by molar-refractivity contribution is 5.80. The number of aliphatic hydroxyl groups is 3. The third-order valence-corrected chi connectivity index (χ3v) is 10.4. The summed E-state index contributed by atoms with van der Waals surface area (Å²) in [5, 5.41) is 33.1. The van der Waals surface area contributed by atoms with Crippen LogP contribution >= 0.6 is 0 Å². The van der Waals surface area contributed by atoms with Crippen molar-refractivity contribution in [2.75, 3.05) is 6.61 Å². The maximum Gasteiger partial charge on any atom is 0.249 e. The smallest absolute Gasteiger partial charge is 0.249 e. The van der Waals surface area contributed by atoms with Gasteiger partial charge < -0.3 is 20.6 Å². The summed E-state index contributed by atoms with van der Waals surface area (Å²) in [4.78, 5) is 12.5. The molecule has 310 valence electrons. The van der Waals surface area contributed by atoms with E-state index in [9.17, 15) is 20.1 Å². The molecule has 5 nitrogen and oxygen atoms in total. The number of hydrogen-bond acceptors (Lipinski definition) is 4. The number of hydrogen-bond donors (Lipinski definition) is 4. The van der Waals surface area contributed by atoms with E-state index in [0.29, 0.717) is 6.42 Å². The molecule has 0 heterocycles. The maximum atomic E-state index is 12.5. The first-order valence-corrected chi connectivity index (χ1v) is 23.0. The van der Waals surface area contributed by atoms with Gasteiger partial charge in [-0.3, -0.25) is 4.79 Å². The Bertz CT molecular complexity index is 866. The van der Waals surface area contributed by atoms with Crippen molar-refractivity contribution >= 4 is 5.91 Å². The Morgan fingerprint density at radius 3 is 1.15 bits per heavy atom. The van der Waals surface area contributed by atoms with Crippen molar-refractivity contribution in [2.24, 2.45) is 0 Å². The van der Waals surface area contributed by atoms with E-state index in [1.165, 1.54) is 154 Å². The lowest BCUT2D eigenvalue weighted by Gasteiger charge is -2.21. The summed E-state index contributed by atoms with van der Waals surface area (Å²) in [6.45, 7) is 4.17. The maximum absolute atomic E-state index is 12.5. The quantitative estimate of drug-likeness (QED) is 0.0371. The van der Waals surface area contributed by atoms with Gasteiger partial charge in [0.25, 0.3) is 0 Å². The number of amides is 1. The summed E-state index contributed by atoms with van der Waals surface area (Å²) in [5.74, 6) is -0.522.